The average Bonchev–Trinajstić information content (AvgIpc) is 2.49. The lowest BCUT2D eigenvalue weighted by Gasteiger charge is -2.41. The Kier molecular flexibility index (Phi) is 5.88. The molecule has 0 aliphatic carbocycles. The molecular weight excluding hydrogens is 264 g/mol. The molecule has 118 valence electrons. The summed E-state index contributed by atoms with van der Waals surface area (Å²) in [7, 11) is 0. The van der Waals surface area contributed by atoms with Gasteiger partial charge in [-0.15, -0.1) is 0 Å². The maximum atomic E-state index is 5.91. The van der Waals surface area contributed by atoms with Gasteiger partial charge < -0.3 is 14.8 Å². The van der Waals surface area contributed by atoms with Gasteiger partial charge in [0.2, 0.25) is 0 Å². The quantitative estimate of drug-likeness (QED) is 0.837. The Morgan fingerprint density at radius 2 is 1.90 bits per heavy atom. The molecule has 0 bridgehead atoms. The van der Waals surface area contributed by atoms with Crippen LogP contribution in [-0.4, -0.2) is 49.8 Å². The molecule has 0 spiro atoms. The molecule has 1 atom stereocenters. The van der Waals surface area contributed by atoms with E-state index >= 15 is 0 Å². The molecule has 2 rings (SSSR count). The molecule has 21 heavy (non-hydrogen) atoms. The van der Waals surface area contributed by atoms with Gasteiger partial charge in [0.05, 0.1) is 6.61 Å². The van der Waals surface area contributed by atoms with Gasteiger partial charge in [0.1, 0.15) is 6.61 Å². The van der Waals surface area contributed by atoms with Crippen LogP contribution in [0.3, 0.4) is 0 Å². The fourth-order valence-electron chi connectivity index (χ4n) is 2.70. The Hall–Kier alpha value is -1.26. The summed E-state index contributed by atoms with van der Waals surface area (Å²) in [6, 6.07) is 7.88. The predicted molar refractivity (Wildman–Crippen MR) is 86.2 cm³/mol. The lowest BCUT2D eigenvalue weighted by molar-refractivity contribution is 0.120. The van der Waals surface area contributed by atoms with Crippen molar-refractivity contribution in [2.45, 2.75) is 32.7 Å². The maximum Gasteiger partial charge on any atom is 0.161 e. The fraction of sp³-hybridized carbons (Fsp3) is 0.647. The van der Waals surface area contributed by atoms with Crippen LogP contribution in [0, 0.1) is 0 Å². The highest BCUT2D eigenvalue weighted by Gasteiger charge is 2.28. The van der Waals surface area contributed by atoms with E-state index in [-0.39, 0.29) is 5.54 Å². The van der Waals surface area contributed by atoms with Crippen molar-refractivity contribution in [3.63, 3.8) is 0 Å². The van der Waals surface area contributed by atoms with Crippen LogP contribution in [0.1, 0.15) is 27.2 Å². The molecule has 0 radical (unpaired) electrons. The first-order valence-electron chi connectivity index (χ1n) is 7.99. The molecule has 1 saturated heterocycles. The third-order valence-corrected chi connectivity index (χ3v) is 4.15. The maximum absolute atomic E-state index is 5.91. The summed E-state index contributed by atoms with van der Waals surface area (Å²) in [4.78, 5) is 2.48. The summed E-state index contributed by atoms with van der Waals surface area (Å²) in [6.07, 6.45) is 1.15. The third kappa shape index (κ3) is 4.61. The predicted octanol–water partition coefficient (Wildman–Crippen LogP) is 2.54. The number of hydrogen-bond donors (Lipinski definition) is 1. The van der Waals surface area contributed by atoms with E-state index < -0.39 is 0 Å². The van der Waals surface area contributed by atoms with Crippen LogP contribution in [0.4, 0.5) is 0 Å². The summed E-state index contributed by atoms with van der Waals surface area (Å²) in [5, 5.41) is 3.61. The van der Waals surface area contributed by atoms with Gasteiger partial charge in [-0.1, -0.05) is 19.1 Å². The molecule has 1 unspecified atom stereocenters. The number of benzene rings is 1. The van der Waals surface area contributed by atoms with Crippen molar-refractivity contribution in [2.24, 2.45) is 0 Å². The Labute approximate surface area is 128 Å². The molecule has 1 fully saturated rings. The summed E-state index contributed by atoms with van der Waals surface area (Å²) in [5.74, 6) is 1.67. The molecule has 1 N–H and O–H groups in total. The van der Waals surface area contributed by atoms with Crippen LogP contribution in [0.25, 0.3) is 0 Å². The van der Waals surface area contributed by atoms with E-state index in [1.54, 1.807) is 0 Å². The Balaban J connectivity index is 1.81. The largest absolute Gasteiger partial charge is 0.490 e. The first-order chi connectivity index (χ1) is 10.2. The third-order valence-electron chi connectivity index (χ3n) is 4.15. The summed E-state index contributed by atoms with van der Waals surface area (Å²) in [5.41, 5.74) is 0.238. The average molecular weight is 292 g/mol. The fourth-order valence-corrected chi connectivity index (χ4v) is 2.70. The minimum Gasteiger partial charge on any atom is -0.490 e. The number of nitrogens with one attached hydrogen (secondary N) is 1. The SMILES string of the molecule is CCOc1ccccc1OCCN1CCNC(C)(CC)C1. The van der Waals surface area contributed by atoms with E-state index in [0.29, 0.717) is 13.2 Å². The second-order valence-electron chi connectivity index (χ2n) is 5.85. The van der Waals surface area contributed by atoms with Gasteiger partial charge in [0.25, 0.3) is 0 Å². The molecule has 1 aromatic carbocycles. The van der Waals surface area contributed by atoms with Crippen LogP contribution in [0.5, 0.6) is 11.5 Å². The molecule has 4 heteroatoms. The van der Waals surface area contributed by atoms with E-state index in [0.717, 1.165) is 44.1 Å². The van der Waals surface area contributed by atoms with Crippen LogP contribution >= 0.6 is 0 Å². The molecule has 1 aromatic rings. The molecule has 1 aliphatic rings. The lowest BCUT2D eigenvalue weighted by Crippen LogP contribution is -2.58. The molecular formula is C17H28N2O2. The summed E-state index contributed by atoms with van der Waals surface area (Å²) >= 11 is 0. The zero-order valence-electron chi connectivity index (χ0n) is 13.5. The lowest BCUT2D eigenvalue weighted by atomic mass is 9.96. The Morgan fingerprint density at radius 3 is 2.57 bits per heavy atom. The Bertz CT molecular complexity index is 439. The van der Waals surface area contributed by atoms with Crippen molar-refractivity contribution in [3.05, 3.63) is 24.3 Å². The molecule has 0 saturated carbocycles. The molecule has 1 aliphatic heterocycles. The zero-order chi connectivity index (χ0) is 15.1. The van der Waals surface area contributed by atoms with Crippen LogP contribution < -0.4 is 14.8 Å². The monoisotopic (exact) mass is 292 g/mol. The van der Waals surface area contributed by atoms with Crippen molar-refractivity contribution < 1.29 is 9.47 Å². The summed E-state index contributed by atoms with van der Waals surface area (Å²) < 4.78 is 11.5. The van der Waals surface area contributed by atoms with Crippen molar-refractivity contribution in [1.82, 2.24) is 10.2 Å². The second-order valence-corrected chi connectivity index (χ2v) is 5.85. The van der Waals surface area contributed by atoms with E-state index in [1.807, 2.05) is 31.2 Å². The number of ether oxygens (including phenoxy) is 2. The molecule has 0 amide bonds. The van der Waals surface area contributed by atoms with Gasteiger partial charge in [0, 0.05) is 31.7 Å². The van der Waals surface area contributed by atoms with Crippen LogP contribution in [0.15, 0.2) is 24.3 Å². The smallest absolute Gasteiger partial charge is 0.161 e. The number of rotatable bonds is 7. The molecule has 0 aromatic heterocycles. The van der Waals surface area contributed by atoms with Gasteiger partial charge in [-0.3, -0.25) is 4.90 Å². The van der Waals surface area contributed by atoms with Crippen molar-refractivity contribution in [1.29, 1.82) is 0 Å². The normalized spacial score (nSPS) is 23.0. The first kappa shape index (κ1) is 16.1. The van der Waals surface area contributed by atoms with Gasteiger partial charge in [-0.25, -0.2) is 0 Å². The van der Waals surface area contributed by atoms with E-state index in [1.165, 1.54) is 0 Å². The van der Waals surface area contributed by atoms with Gasteiger partial charge in [0.15, 0.2) is 11.5 Å². The van der Waals surface area contributed by atoms with E-state index in [2.05, 4.69) is 24.1 Å². The molecule has 1 heterocycles. The zero-order valence-corrected chi connectivity index (χ0v) is 13.5. The summed E-state index contributed by atoms with van der Waals surface area (Å²) in [6.45, 7) is 12.1. The van der Waals surface area contributed by atoms with E-state index in [9.17, 15) is 0 Å². The second kappa shape index (κ2) is 7.66. The highest BCUT2D eigenvalue weighted by atomic mass is 16.5. The number of nitrogens with zero attached hydrogens (tertiary/aromatic N) is 1. The highest BCUT2D eigenvalue weighted by molar-refractivity contribution is 5.39. The first-order valence-corrected chi connectivity index (χ1v) is 7.99. The van der Waals surface area contributed by atoms with E-state index in [4.69, 9.17) is 9.47 Å². The topological polar surface area (TPSA) is 33.7 Å². The van der Waals surface area contributed by atoms with Crippen molar-refractivity contribution >= 4 is 0 Å². The van der Waals surface area contributed by atoms with Crippen LogP contribution in [0.2, 0.25) is 0 Å². The van der Waals surface area contributed by atoms with Crippen LogP contribution in [-0.2, 0) is 0 Å². The minimum atomic E-state index is 0.238. The van der Waals surface area contributed by atoms with Crippen molar-refractivity contribution in [3.8, 4) is 11.5 Å². The van der Waals surface area contributed by atoms with Gasteiger partial charge >= 0.3 is 0 Å². The number of piperazine rings is 1. The van der Waals surface area contributed by atoms with Gasteiger partial charge in [-0.05, 0) is 32.4 Å². The number of para-hydroxylation sites is 2. The van der Waals surface area contributed by atoms with Crippen molar-refractivity contribution in [2.75, 3.05) is 39.4 Å². The standard InChI is InChI=1S/C17H28N2O2/c1-4-17(3)14-19(11-10-18-17)12-13-21-16-9-7-6-8-15(16)20-5-2/h6-9,18H,4-5,10-14H2,1-3H3. The van der Waals surface area contributed by atoms with Gasteiger partial charge in [-0.2, -0.15) is 0 Å². The highest BCUT2D eigenvalue weighted by Crippen LogP contribution is 2.26. The number of hydrogen-bond acceptors (Lipinski definition) is 4. The molecule has 4 nitrogen and oxygen atoms in total. The Morgan fingerprint density at radius 1 is 1.19 bits per heavy atom. The minimum absolute atomic E-state index is 0.238.